The van der Waals surface area contributed by atoms with Gasteiger partial charge in [0.15, 0.2) is 0 Å². The van der Waals surface area contributed by atoms with Crippen LogP contribution >= 0.6 is 0 Å². The molecule has 0 saturated heterocycles. The van der Waals surface area contributed by atoms with Gasteiger partial charge in [-0.15, -0.1) is 0 Å². The van der Waals surface area contributed by atoms with Gasteiger partial charge >= 0.3 is 5.97 Å². The second-order valence-electron chi connectivity index (χ2n) is 4.57. The van der Waals surface area contributed by atoms with E-state index in [0.29, 0.717) is 5.56 Å². The maximum Gasteiger partial charge on any atom is 0.320 e. The van der Waals surface area contributed by atoms with Gasteiger partial charge in [0, 0.05) is 0 Å². The van der Waals surface area contributed by atoms with Crippen molar-refractivity contribution in [3.63, 3.8) is 0 Å². The van der Waals surface area contributed by atoms with Crippen molar-refractivity contribution in [1.29, 1.82) is 0 Å². The fourth-order valence-electron chi connectivity index (χ4n) is 1.99. The monoisotopic (exact) mass is 305 g/mol. The highest BCUT2D eigenvalue weighted by atomic mass is 32.2. The van der Waals surface area contributed by atoms with Crippen LogP contribution in [0, 0.1) is 0 Å². The third kappa shape index (κ3) is 3.29. The fraction of sp³-hybridized carbons (Fsp3) is 0.133. The van der Waals surface area contributed by atoms with Gasteiger partial charge in [-0.3, -0.25) is 4.79 Å². The molecule has 0 radical (unpaired) electrons. The maximum absolute atomic E-state index is 12.6. The molecule has 5 nitrogen and oxygen atoms in total. The van der Waals surface area contributed by atoms with E-state index in [1.807, 2.05) is 0 Å². The number of rotatable bonds is 5. The minimum absolute atomic E-state index is 0.0441. The second-order valence-corrected chi connectivity index (χ2v) is 6.49. The van der Waals surface area contributed by atoms with Crippen LogP contribution in [0.1, 0.15) is 5.56 Å². The predicted molar refractivity (Wildman–Crippen MR) is 77.7 cm³/mol. The number of nitrogens with two attached hydrogens (primary N) is 1. The molecule has 0 amide bonds. The Bertz CT molecular complexity index is 741. The van der Waals surface area contributed by atoms with Crippen LogP contribution in [0.5, 0.6) is 0 Å². The number of hydrogen-bond donors (Lipinski definition) is 2. The molecule has 2 rings (SSSR count). The lowest BCUT2D eigenvalue weighted by molar-refractivity contribution is -0.138. The Morgan fingerprint density at radius 2 is 1.62 bits per heavy atom. The molecule has 0 heterocycles. The summed E-state index contributed by atoms with van der Waals surface area (Å²) in [6.07, 6.45) is -0.0441. The minimum atomic E-state index is -3.69. The first-order valence-electron chi connectivity index (χ1n) is 6.29. The lowest BCUT2D eigenvalue weighted by atomic mass is 10.1. The van der Waals surface area contributed by atoms with Gasteiger partial charge in [0.2, 0.25) is 9.84 Å². The van der Waals surface area contributed by atoms with E-state index in [1.165, 1.54) is 18.2 Å². The molecule has 0 fully saturated rings. The molecule has 0 saturated carbocycles. The fourth-order valence-corrected chi connectivity index (χ4v) is 3.51. The van der Waals surface area contributed by atoms with E-state index >= 15 is 0 Å². The number of carboxylic acid groups (broad SMARTS) is 1. The molecule has 0 spiro atoms. The molecular weight excluding hydrogens is 290 g/mol. The summed E-state index contributed by atoms with van der Waals surface area (Å²) < 4.78 is 25.2. The summed E-state index contributed by atoms with van der Waals surface area (Å²) in [7, 11) is -3.69. The number of carbonyl (C=O) groups is 1. The molecule has 110 valence electrons. The van der Waals surface area contributed by atoms with Crippen molar-refractivity contribution in [2.75, 3.05) is 0 Å². The number of carboxylic acids is 1. The summed E-state index contributed by atoms with van der Waals surface area (Å²) in [5, 5.41) is 8.88. The number of hydrogen-bond acceptors (Lipinski definition) is 4. The van der Waals surface area contributed by atoms with Gasteiger partial charge < -0.3 is 10.8 Å². The van der Waals surface area contributed by atoms with Crippen LogP contribution in [-0.4, -0.2) is 25.5 Å². The molecule has 1 unspecified atom stereocenters. The Balaban J connectivity index is 2.48. The zero-order valence-electron chi connectivity index (χ0n) is 11.1. The Morgan fingerprint density at radius 1 is 1.05 bits per heavy atom. The van der Waals surface area contributed by atoms with Crippen molar-refractivity contribution in [2.45, 2.75) is 22.3 Å². The van der Waals surface area contributed by atoms with Gasteiger partial charge in [0.05, 0.1) is 9.79 Å². The van der Waals surface area contributed by atoms with Crippen LogP contribution in [0.4, 0.5) is 0 Å². The standard InChI is InChI=1S/C15H15NO4S/c16-13(15(17)18)10-11-6-4-5-9-14(11)21(19,20)12-7-2-1-3-8-12/h1-9,13H,10,16H2,(H,17,18). The molecule has 3 N–H and O–H groups in total. The SMILES string of the molecule is NC(Cc1ccccc1S(=O)(=O)c1ccccc1)C(=O)O. The van der Waals surface area contributed by atoms with Crippen LogP contribution in [0.15, 0.2) is 64.4 Å². The Kier molecular flexibility index (Phi) is 4.40. The van der Waals surface area contributed by atoms with E-state index in [2.05, 4.69) is 0 Å². The summed E-state index contributed by atoms with van der Waals surface area (Å²) >= 11 is 0. The van der Waals surface area contributed by atoms with Crippen LogP contribution in [-0.2, 0) is 21.1 Å². The Hall–Kier alpha value is -2.18. The minimum Gasteiger partial charge on any atom is -0.480 e. The van der Waals surface area contributed by atoms with Gasteiger partial charge in [-0.1, -0.05) is 36.4 Å². The lowest BCUT2D eigenvalue weighted by Crippen LogP contribution is -2.32. The highest BCUT2D eigenvalue weighted by Gasteiger charge is 2.23. The first-order valence-corrected chi connectivity index (χ1v) is 7.77. The molecule has 1 atom stereocenters. The van der Waals surface area contributed by atoms with E-state index < -0.39 is 21.8 Å². The molecule has 2 aromatic rings. The topological polar surface area (TPSA) is 97.5 Å². The Morgan fingerprint density at radius 3 is 2.24 bits per heavy atom. The van der Waals surface area contributed by atoms with Crippen molar-refractivity contribution in [2.24, 2.45) is 5.73 Å². The van der Waals surface area contributed by atoms with Gasteiger partial charge in [-0.2, -0.15) is 0 Å². The molecule has 0 aliphatic rings. The smallest absolute Gasteiger partial charge is 0.320 e. The Labute approximate surface area is 123 Å². The van der Waals surface area contributed by atoms with Crippen LogP contribution in [0.2, 0.25) is 0 Å². The molecule has 0 aromatic heterocycles. The van der Waals surface area contributed by atoms with Gasteiger partial charge in [0.25, 0.3) is 0 Å². The highest BCUT2D eigenvalue weighted by Crippen LogP contribution is 2.24. The second kappa shape index (κ2) is 6.07. The van der Waals surface area contributed by atoms with Crippen molar-refractivity contribution >= 4 is 15.8 Å². The molecule has 21 heavy (non-hydrogen) atoms. The van der Waals surface area contributed by atoms with Gasteiger partial charge in [-0.25, -0.2) is 8.42 Å². The number of aliphatic carboxylic acids is 1. The van der Waals surface area contributed by atoms with Crippen molar-refractivity contribution in [3.8, 4) is 0 Å². The summed E-state index contributed by atoms with van der Waals surface area (Å²) in [6, 6.07) is 13.2. The number of benzene rings is 2. The normalized spacial score (nSPS) is 12.8. The van der Waals surface area contributed by atoms with Gasteiger partial charge in [-0.05, 0) is 30.2 Å². The lowest BCUT2D eigenvalue weighted by Gasteiger charge is -2.12. The molecule has 6 heteroatoms. The van der Waals surface area contributed by atoms with Crippen molar-refractivity contribution in [3.05, 3.63) is 60.2 Å². The summed E-state index contributed by atoms with van der Waals surface area (Å²) in [4.78, 5) is 11.1. The first-order chi connectivity index (χ1) is 9.93. The van der Waals surface area contributed by atoms with E-state index in [0.717, 1.165) is 0 Å². The van der Waals surface area contributed by atoms with Crippen LogP contribution in [0.3, 0.4) is 0 Å². The van der Waals surface area contributed by atoms with Crippen molar-refractivity contribution in [1.82, 2.24) is 0 Å². The van der Waals surface area contributed by atoms with Crippen LogP contribution < -0.4 is 5.73 Å². The first kappa shape index (κ1) is 15.2. The van der Waals surface area contributed by atoms with Crippen LogP contribution in [0.25, 0.3) is 0 Å². The van der Waals surface area contributed by atoms with E-state index in [4.69, 9.17) is 10.8 Å². The molecule has 0 aliphatic heterocycles. The zero-order valence-corrected chi connectivity index (χ0v) is 12.0. The third-order valence-electron chi connectivity index (χ3n) is 3.07. The molecule has 0 bridgehead atoms. The molecule has 2 aromatic carbocycles. The molecular formula is C15H15NO4S. The zero-order chi connectivity index (χ0) is 15.5. The van der Waals surface area contributed by atoms with E-state index in [-0.39, 0.29) is 16.2 Å². The average Bonchev–Trinajstić information content (AvgIpc) is 2.48. The maximum atomic E-state index is 12.6. The largest absolute Gasteiger partial charge is 0.480 e. The van der Waals surface area contributed by atoms with E-state index in [1.54, 1.807) is 36.4 Å². The highest BCUT2D eigenvalue weighted by molar-refractivity contribution is 7.91. The summed E-state index contributed by atoms with van der Waals surface area (Å²) in [6.45, 7) is 0. The predicted octanol–water partition coefficient (Wildman–Crippen LogP) is 1.47. The van der Waals surface area contributed by atoms with Gasteiger partial charge in [0.1, 0.15) is 6.04 Å². The molecule has 0 aliphatic carbocycles. The summed E-state index contributed by atoms with van der Waals surface area (Å²) in [5.74, 6) is -1.16. The van der Waals surface area contributed by atoms with Crippen molar-refractivity contribution < 1.29 is 18.3 Å². The number of sulfone groups is 1. The quantitative estimate of drug-likeness (QED) is 0.872. The average molecular weight is 305 g/mol. The summed E-state index contributed by atoms with van der Waals surface area (Å²) in [5.41, 5.74) is 5.90. The third-order valence-corrected chi connectivity index (χ3v) is 4.94. The van der Waals surface area contributed by atoms with E-state index in [9.17, 15) is 13.2 Å².